The SMILES string of the molecule is Fc1cc(-c2c(F)cc(Br)cc2F)cc(F)c1F. The van der Waals surface area contributed by atoms with Crippen molar-refractivity contribution in [1.29, 1.82) is 0 Å². The van der Waals surface area contributed by atoms with E-state index in [0.717, 1.165) is 12.1 Å². The molecular weight excluding hydrogens is 319 g/mol. The van der Waals surface area contributed by atoms with Crippen LogP contribution in [0.4, 0.5) is 22.0 Å². The zero-order valence-electron chi connectivity index (χ0n) is 8.58. The van der Waals surface area contributed by atoms with Gasteiger partial charge in [-0.1, -0.05) is 15.9 Å². The first-order chi connectivity index (χ1) is 8.40. The first kappa shape index (κ1) is 13.0. The number of rotatable bonds is 1. The van der Waals surface area contributed by atoms with E-state index in [2.05, 4.69) is 15.9 Å². The summed E-state index contributed by atoms with van der Waals surface area (Å²) in [6.45, 7) is 0. The third-order valence-corrected chi connectivity index (χ3v) is 2.74. The van der Waals surface area contributed by atoms with Crippen LogP contribution in [0.1, 0.15) is 0 Å². The van der Waals surface area contributed by atoms with Crippen LogP contribution < -0.4 is 0 Å². The molecule has 6 heteroatoms. The summed E-state index contributed by atoms with van der Waals surface area (Å²) in [5.41, 5.74) is -1.02. The van der Waals surface area contributed by atoms with E-state index >= 15 is 0 Å². The van der Waals surface area contributed by atoms with Crippen LogP contribution in [0.2, 0.25) is 0 Å². The molecule has 0 nitrogen and oxygen atoms in total. The summed E-state index contributed by atoms with van der Waals surface area (Å²) in [6, 6.07) is 2.96. The molecule has 0 bridgehead atoms. The second-order valence-electron chi connectivity index (χ2n) is 3.50. The molecule has 0 saturated carbocycles. The fraction of sp³-hybridized carbons (Fsp3) is 0. The highest BCUT2D eigenvalue weighted by Crippen LogP contribution is 2.30. The quantitative estimate of drug-likeness (QED) is 0.522. The predicted octanol–water partition coefficient (Wildman–Crippen LogP) is 4.81. The van der Waals surface area contributed by atoms with Crippen LogP contribution in [-0.4, -0.2) is 0 Å². The van der Waals surface area contributed by atoms with Crippen LogP contribution in [0.3, 0.4) is 0 Å². The topological polar surface area (TPSA) is 0 Å². The third kappa shape index (κ3) is 2.25. The Morgan fingerprint density at radius 2 is 1.11 bits per heavy atom. The van der Waals surface area contributed by atoms with Crippen molar-refractivity contribution in [3.05, 3.63) is 57.8 Å². The van der Waals surface area contributed by atoms with Crippen LogP contribution in [0, 0.1) is 29.1 Å². The minimum Gasteiger partial charge on any atom is -0.206 e. The highest BCUT2D eigenvalue weighted by molar-refractivity contribution is 9.10. The minimum absolute atomic E-state index is 0.143. The lowest BCUT2D eigenvalue weighted by atomic mass is 10.0. The second-order valence-corrected chi connectivity index (χ2v) is 4.41. The average Bonchev–Trinajstić information content (AvgIpc) is 2.24. The normalized spacial score (nSPS) is 10.8. The Bertz CT molecular complexity index is 578. The lowest BCUT2D eigenvalue weighted by molar-refractivity contribution is 0.447. The fourth-order valence-electron chi connectivity index (χ4n) is 1.52. The summed E-state index contributed by atoms with van der Waals surface area (Å²) in [5, 5.41) is 0. The molecule has 0 amide bonds. The molecule has 18 heavy (non-hydrogen) atoms. The lowest BCUT2D eigenvalue weighted by Crippen LogP contribution is -1.96. The molecule has 0 spiro atoms. The van der Waals surface area contributed by atoms with E-state index in [4.69, 9.17) is 0 Å². The van der Waals surface area contributed by atoms with Gasteiger partial charge in [0.25, 0.3) is 0 Å². The monoisotopic (exact) mass is 322 g/mol. The summed E-state index contributed by atoms with van der Waals surface area (Å²) in [4.78, 5) is 0. The van der Waals surface area contributed by atoms with Crippen molar-refractivity contribution in [1.82, 2.24) is 0 Å². The van der Waals surface area contributed by atoms with E-state index in [9.17, 15) is 22.0 Å². The van der Waals surface area contributed by atoms with Crippen molar-refractivity contribution in [2.45, 2.75) is 0 Å². The molecule has 0 aromatic heterocycles. The first-order valence-electron chi connectivity index (χ1n) is 4.69. The van der Waals surface area contributed by atoms with Crippen molar-refractivity contribution in [2.75, 3.05) is 0 Å². The molecule has 2 aromatic rings. The lowest BCUT2D eigenvalue weighted by Gasteiger charge is -2.07. The Hall–Kier alpha value is -1.43. The molecule has 0 aliphatic heterocycles. The van der Waals surface area contributed by atoms with Gasteiger partial charge in [0.15, 0.2) is 17.5 Å². The number of halogens is 6. The van der Waals surface area contributed by atoms with E-state index in [1.807, 2.05) is 0 Å². The van der Waals surface area contributed by atoms with Crippen LogP contribution in [-0.2, 0) is 0 Å². The minimum atomic E-state index is -1.68. The number of hydrogen-bond donors (Lipinski definition) is 0. The molecule has 94 valence electrons. The Kier molecular flexibility index (Phi) is 3.38. The highest BCUT2D eigenvalue weighted by Gasteiger charge is 2.17. The Morgan fingerprint density at radius 1 is 0.667 bits per heavy atom. The van der Waals surface area contributed by atoms with Crippen LogP contribution in [0.5, 0.6) is 0 Å². The van der Waals surface area contributed by atoms with Crippen LogP contribution >= 0.6 is 15.9 Å². The molecule has 0 aliphatic rings. The van der Waals surface area contributed by atoms with Crippen molar-refractivity contribution >= 4 is 15.9 Å². The second kappa shape index (κ2) is 4.68. The van der Waals surface area contributed by atoms with Crippen molar-refractivity contribution < 1.29 is 22.0 Å². The molecule has 0 unspecified atom stereocenters. The number of hydrogen-bond acceptors (Lipinski definition) is 0. The standard InChI is InChI=1S/C12H4BrF5/c13-6-3-7(14)11(8(15)4-6)5-1-9(16)12(18)10(17)2-5/h1-4H. The summed E-state index contributed by atoms with van der Waals surface area (Å²) in [5.74, 6) is -6.71. The number of benzene rings is 2. The average molecular weight is 323 g/mol. The molecule has 0 heterocycles. The summed E-state index contributed by atoms with van der Waals surface area (Å²) < 4.78 is 66.0. The van der Waals surface area contributed by atoms with Crippen molar-refractivity contribution in [3.63, 3.8) is 0 Å². The zero-order chi connectivity index (χ0) is 13.4. The molecule has 2 aromatic carbocycles. The molecule has 0 N–H and O–H groups in total. The third-order valence-electron chi connectivity index (χ3n) is 2.28. The van der Waals surface area contributed by atoms with Gasteiger partial charge in [0.2, 0.25) is 0 Å². The Labute approximate surface area is 107 Å². The maximum Gasteiger partial charge on any atom is 0.194 e. The molecule has 0 radical (unpaired) electrons. The van der Waals surface area contributed by atoms with Gasteiger partial charge in [-0.2, -0.15) is 0 Å². The maximum atomic E-state index is 13.6. The van der Waals surface area contributed by atoms with Gasteiger partial charge in [-0.3, -0.25) is 0 Å². The van der Waals surface area contributed by atoms with E-state index in [1.165, 1.54) is 0 Å². The predicted molar refractivity (Wildman–Crippen MR) is 59.4 cm³/mol. The van der Waals surface area contributed by atoms with E-state index in [-0.39, 0.29) is 4.47 Å². The van der Waals surface area contributed by atoms with E-state index in [1.54, 1.807) is 0 Å². The van der Waals surface area contributed by atoms with Gasteiger partial charge in [-0.05, 0) is 29.8 Å². The molecule has 2 rings (SSSR count). The van der Waals surface area contributed by atoms with Crippen LogP contribution in [0.25, 0.3) is 11.1 Å². The zero-order valence-corrected chi connectivity index (χ0v) is 10.2. The van der Waals surface area contributed by atoms with Gasteiger partial charge in [-0.25, -0.2) is 22.0 Å². The first-order valence-corrected chi connectivity index (χ1v) is 5.49. The summed E-state index contributed by atoms with van der Waals surface area (Å²) >= 11 is 2.87. The van der Waals surface area contributed by atoms with E-state index in [0.29, 0.717) is 12.1 Å². The van der Waals surface area contributed by atoms with Crippen LogP contribution in [0.15, 0.2) is 28.7 Å². The van der Waals surface area contributed by atoms with Gasteiger partial charge in [0.05, 0.1) is 5.56 Å². The Balaban J connectivity index is 2.70. The van der Waals surface area contributed by atoms with Gasteiger partial charge in [0, 0.05) is 4.47 Å². The molecule has 0 saturated heterocycles. The van der Waals surface area contributed by atoms with Gasteiger partial charge < -0.3 is 0 Å². The van der Waals surface area contributed by atoms with Gasteiger partial charge in [-0.15, -0.1) is 0 Å². The molecular formula is C12H4BrF5. The largest absolute Gasteiger partial charge is 0.206 e. The smallest absolute Gasteiger partial charge is 0.194 e. The molecule has 0 fully saturated rings. The molecule has 0 atom stereocenters. The fourth-order valence-corrected chi connectivity index (χ4v) is 1.92. The summed E-state index contributed by atoms with van der Waals surface area (Å²) in [7, 11) is 0. The highest BCUT2D eigenvalue weighted by atomic mass is 79.9. The van der Waals surface area contributed by atoms with E-state index < -0.39 is 40.2 Å². The molecule has 0 aliphatic carbocycles. The maximum absolute atomic E-state index is 13.6. The van der Waals surface area contributed by atoms with Crippen molar-refractivity contribution in [3.8, 4) is 11.1 Å². The van der Waals surface area contributed by atoms with Crippen molar-refractivity contribution in [2.24, 2.45) is 0 Å². The van der Waals surface area contributed by atoms with Gasteiger partial charge in [0.1, 0.15) is 11.6 Å². The van der Waals surface area contributed by atoms with Gasteiger partial charge >= 0.3 is 0 Å². The summed E-state index contributed by atoms with van der Waals surface area (Å²) in [6.07, 6.45) is 0. The Morgan fingerprint density at radius 3 is 1.56 bits per heavy atom.